The molecule has 0 aromatic heterocycles. The third kappa shape index (κ3) is 6.26. The third-order valence-corrected chi connectivity index (χ3v) is 9.66. The van der Waals surface area contributed by atoms with Crippen molar-refractivity contribution in [2.45, 2.75) is 33.6 Å². The van der Waals surface area contributed by atoms with Crippen LogP contribution in [0.1, 0.15) is 44.9 Å². The zero-order valence-corrected chi connectivity index (χ0v) is 28.7. The largest absolute Gasteiger partial charge is 0.398 e. The summed E-state index contributed by atoms with van der Waals surface area (Å²) in [5.41, 5.74) is 32.7. The summed E-state index contributed by atoms with van der Waals surface area (Å²) in [6.07, 6.45) is 0. The molecule has 0 saturated carbocycles. The van der Waals surface area contributed by atoms with E-state index in [2.05, 4.69) is 179 Å². The molecule has 49 heavy (non-hydrogen) atoms. The van der Waals surface area contributed by atoms with Gasteiger partial charge in [-0.15, -0.1) is 0 Å². The smallest absolute Gasteiger partial charge is 0.0400 e. The Balaban J connectivity index is 1.61. The van der Waals surface area contributed by atoms with E-state index in [-0.39, 0.29) is 5.92 Å². The van der Waals surface area contributed by atoms with Crippen molar-refractivity contribution in [1.29, 1.82) is 0 Å². The van der Waals surface area contributed by atoms with Crippen molar-refractivity contribution < 1.29 is 0 Å². The van der Waals surface area contributed by atoms with Crippen molar-refractivity contribution in [3.8, 4) is 44.5 Å². The fourth-order valence-corrected chi connectivity index (χ4v) is 7.05. The van der Waals surface area contributed by atoms with Crippen LogP contribution >= 0.6 is 0 Å². The highest BCUT2D eigenvalue weighted by Gasteiger charge is 2.28. The maximum atomic E-state index is 6.96. The van der Waals surface area contributed by atoms with Crippen LogP contribution in [0.5, 0.6) is 0 Å². The van der Waals surface area contributed by atoms with E-state index in [4.69, 9.17) is 11.5 Å². The van der Waals surface area contributed by atoms with Gasteiger partial charge in [0, 0.05) is 28.4 Å². The molecule has 0 radical (unpaired) electrons. The van der Waals surface area contributed by atoms with Crippen LogP contribution < -0.4 is 11.5 Å². The molecule has 2 heteroatoms. The Labute approximate surface area is 290 Å². The standard InChI is InChI=1S/C47H42N2/c1-30-10-18-35(19-11-30)44-39(26-28-41(48)46(44)37-22-14-32(3)15-23-37)43(34-8-6-5-7-9-34)40-27-29-42(49)47(38-24-16-33(4)17-25-38)45(40)36-20-12-31(2)13-21-36/h5-29,43H,48-49H2,1-4H3. The fraction of sp³-hybridized carbons (Fsp3) is 0.106. The lowest BCUT2D eigenvalue weighted by molar-refractivity contribution is 0.983. The van der Waals surface area contributed by atoms with Gasteiger partial charge in [0.25, 0.3) is 0 Å². The Kier molecular flexibility index (Phi) is 8.63. The van der Waals surface area contributed by atoms with Gasteiger partial charge in [-0.25, -0.2) is 0 Å². The number of hydrogen-bond donors (Lipinski definition) is 2. The quantitative estimate of drug-likeness (QED) is 0.135. The topological polar surface area (TPSA) is 52.0 Å². The minimum absolute atomic E-state index is 0.136. The molecule has 4 N–H and O–H groups in total. The molecule has 7 rings (SSSR count). The molecule has 0 aliphatic rings. The lowest BCUT2D eigenvalue weighted by Gasteiger charge is -2.29. The molecule has 0 spiro atoms. The average molecular weight is 635 g/mol. The first kappa shape index (κ1) is 31.7. The first-order chi connectivity index (χ1) is 23.8. The van der Waals surface area contributed by atoms with Crippen LogP contribution in [0.25, 0.3) is 44.5 Å². The van der Waals surface area contributed by atoms with Crippen LogP contribution in [-0.4, -0.2) is 0 Å². The Morgan fingerprint density at radius 3 is 0.959 bits per heavy atom. The number of benzene rings is 7. The molecular weight excluding hydrogens is 593 g/mol. The van der Waals surface area contributed by atoms with E-state index < -0.39 is 0 Å². The molecule has 0 aliphatic carbocycles. The van der Waals surface area contributed by atoms with Gasteiger partial charge >= 0.3 is 0 Å². The SMILES string of the molecule is Cc1ccc(-c2c(N)ccc(C(c3ccccc3)c3ccc(N)c(-c4ccc(C)cc4)c3-c3ccc(C)cc3)c2-c2ccc(C)cc2)cc1. The molecule has 2 nitrogen and oxygen atoms in total. The Hall–Kier alpha value is -5.86. The molecule has 0 bridgehead atoms. The summed E-state index contributed by atoms with van der Waals surface area (Å²) in [4.78, 5) is 0. The second-order valence-electron chi connectivity index (χ2n) is 13.3. The van der Waals surface area contributed by atoms with E-state index in [1.54, 1.807) is 0 Å². The Morgan fingerprint density at radius 2 is 0.633 bits per heavy atom. The minimum Gasteiger partial charge on any atom is -0.398 e. The monoisotopic (exact) mass is 634 g/mol. The highest BCUT2D eigenvalue weighted by Crippen LogP contribution is 2.50. The molecule has 7 aromatic rings. The summed E-state index contributed by atoms with van der Waals surface area (Å²) in [7, 11) is 0. The lowest BCUT2D eigenvalue weighted by atomic mass is 9.75. The summed E-state index contributed by atoms with van der Waals surface area (Å²) in [5.74, 6) is -0.136. The Morgan fingerprint density at radius 1 is 0.327 bits per heavy atom. The number of hydrogen-bond acceptors (Lipinski definition) is 2. The van der Waals surface area contributed by atoms with E-state index in [0.717, 1.165) is 55.9 Å². The van der Waals surface area contributed by atoms with Crippen molar-refractivity contribution >= 4 is 11.4 Å². The van der Waals surface area contributed by atoms with Crippen molar-refractivity contribution in [2.75, 3.05) is 11.5 Å². The van der Waals surface area contributed by atoms with Crippen LogP contribution in [0.15, 0.2) is 152 Å². The van der Waals surface area contributed by atoms with Crippen molar-refractivity contribution in [2.24, 2.45) is 0 Å². The lowest BCUT2D eigenvalue weighted by Crippen LogP contribution is -2.10. The number of rotatable bonds is 7. The van der Waals surface area contributed by atoms with Gasteiger partial charge in [0.05, 0.1) is 0 Å². The van der Waals surface area contributed by atoms with Crippen molar-refractivity contribution in [3.05, 3.63) is 191 Å². The summed E-state index contributed by atoms with van der Waals surface area (Å²) in [6.45, 7) is 8.50. The van der Waals surface area contributed by atoms with E-state index in [1.165, 1.54) is 38.9 Å². The van der Waals surface area contributed by atoms with Crippen LogP contribution in [0.3, 0.4) is 0 Å². The summed E-state index contributed by atoms with van der Waals surface area (Å²) < 4.78 is 0. The number of anilines is 2. The minimum atomic E-state index is -0.136. The van der Waals surface area contributed by atoms with E-state index in [1.807, 2.05) is 0 Å². The van der Waals surface area contributed by atoms with Gasteiger partial charge in [-0.3, -0.25) is 0 Å². The average Bonchev–Trinajstić information content (AvgIpc) is 3.11. The van der Waals surface area contributed by atoms with Gasteiger partial charge in [-0.05, 0) is 89.9 Å². The van der Waals surface area contributed by atoms with Crippen molar-refractivity contribution in [3.63, 3.8) is 0 Å². The van der Waals surface area contributed by atoms with Gasteiger partial charge < -0.3 is 11.5 Å². The molecule has 0 amide bonds. The number of nitrogen functional groups attached to an aromatic ring is 2. The summed E-state index contributed by atoms with van der Waals surface area (Å²) >= 11 is 0. The zero-order chi connectivity index (χ0) is 34.1. The molecule has 0 unspecified atom stereocenters. The van der Waals surface area contributed by atoms with Crippen LogP contribution in [-0.2, 0) is 0 Å². The highest BCUT2D eigenvalue weighted by atomic mass is 14.6. The normalized spacial score (nSPS) is 11.2. The van der Waals surface area contributed by atoms with Crippen LogP contribution in [0.4, 0.5) is 11.4 Å². The van der Waals surface area contributed by atoms with Crippen molar-refractivity contribution in [1.82, 2.24) is 0 Å². The maximum absolute atomic E-state index is 6.96. The summed E-state index contributed by atoms with van der Waals surface area (Å²) in [6, 6.07) is 54.6. The van der Waals surface area contributed by atoms with Crippen LogP contribution in [0.2, 0.25) is 0 Å². The van der Waals surface area contributed by atoms with E-state index in [9.17, 15) is 0 Å². The molecule has 0 aliphatic heterocycles. The second-order valence-corrected chi connectivity index (χ2v) is 13.3. The van der Waals surface area contributed by atoms with Gasteiger partial charge in [0.15, 0.2) is 0 Å². The van der Waals surface area contributed by atoms with Gasteiger partial charge in [-0.2, -0.15) is 0 Å². The number of nitrogens with two attached hydrogens (primary N) is 2. The predicted molar refractivity (Wildman–Crippen MR) is 210 cm³/mol. The van der Waals surface area contributed by atoms with Crippen LogP contribution in [0, 0.1) is 27.7 Å². The van der Waals surface area contributed by atoms with Gasteiger partial charge in [-0.1, -0.05) is 162 Å². The maximum Gasteiger partial charge on any atom is 0.0400 e. The Bertz CT molecular complexity index is 2080. The van der Waals surface area contributed by atoms with E-state index >= 15 is 0 Å². The number of aryl methyl sites for hydroxylation is 4. The zero-order valence-electron chi connectivity index (χ0n) is 28.7. The van der Waals surface area contributed by atoms with Gasteiger partial charge in [0.1, 0.15) is 0 Å². The third-order valence-electron chi connectivity index (χ3n) is 9.66. The van der Waals surface area contributed by atoms with E-state index in [0.29, 0.717) is 0 Å². The first-order valence-corrected chi connectivity index (χ1v) is 17.0. The molecule has 240 valence electrons. The summed E-state index contributed by atoms with van der Waals surface area (Å²) in [5, 5.41) is 0. The van der Waals surface area contributed by atoms with Gasteiger partial charge in [0.2, 0.25) is 0 Å². The predicted octanol–water partition coefficient (Wildman–Crippen LogP) is 11.9. The molecule has 0 saturated heterocycles. The molecular formula is C47H42N2. The molecule has 0 heterocycles. The molecule has 0 atom stereocenters. The highest BCUT2D eigenvalue weighted by molar-refractivity contribution is 5.96. The second kappa shape index (κ2) is 13.3. The first-order valence-electron chi connectivity index (χ1n) is 17.0. The molecule has 7 aromatic carbocycles. The molecule has 0 fully saturated rings. The fourth-order valence-electron chi connectivity index (χ4n) is 7.05.